The molecule has 82 valence electrons. The third-order valence-electron chi connectivity index (χ3n) is 2.20. The quantitative estimate of drug-likeness (QED) is 0.724. The summed E-state index contributed by atoms with van der Waals surface area (Å²) in [5.74, 6) is 0.691. The van der Waals surface area contributed by atoms with Gasteiger partial charge in [-0.05, 0) is 19.4 Å². The average Bonchev–Trinajstić information content (AvgIpc) is 2.27. The number of nitrogens with zero attached hydrogens (tertiary/aromatic N) is 1. The number of rotatable bonds is 6. The van der Waals surface area contributed by atoms with E-state index >= 15 is 0 Å². The van der Waals surface area contributed by atoms with Gasteiger partial charge in [0, 0.05) is 24.3 Å². The summed E-state index contributed by atoms with van der Waals surface area (Å²) in [5.41, 5.74) is 1.08. The Morgan fingerprint density at radius 3 is 3.13 bits per heavy atom. The molecule has 0 amide bonds. The van der Waals surface area contributed by atoms with Gasteiger partial charge < -0.3 is 10.1 Å². The van der Waals surface area contributed by atoms with E-state index in [4.69, 9.17) is 4.74 Å². The van der Waals surface area contributed by atoms with E-state index < -0.39 is 0 Å². The summed E-state index contributed by atoms with van der Waals surface area (Å²) < 4.78 is 5.17. The van der Waals surface area contributed by atoms with Crippen LogP contribution in [-0.4, -0.2) is 18.1 Å². The van der Waals surface area contributed by atoms with Crippen molar-refractivity contribution in [2.45, 2.75) is 25.9 Å². The topological polar surface area (TPSA) is 34.2 Å². The van der Waals surface area contributed by atoms with Crippen molar-refractivity contribution in [3.8, 4) is 5.88 Å². The number of hydrogen-bond donors (Lipinski definition) is 1. The maximum atomic E-state index is 5.17. The van der Waals surface area contributed by atoms with Crippen LogP contribution in [0.4, 0.5) is 0 Å². The standard InChI is InChI=1S/C12H18N2O/c1-4-6-10(2)14-9-11-7-5-8-13-12(11)15-3/h4-5,7-8,10,14H,1,6,9H2,2-3H3. The molecule has 1 aromatic heterocycles. The number of ether oxygens (including phenoxy) is 1. The largest absolute Gasteiger partial charge is 0.481 e. The molecule has 1 N–H and O–H groups in total. The molecule has 15 heavy (non-hydrogen) atoms. The van der Waals surface area contributed by atoms with Gasteiger partial charge in [-0.15, -0.1) is 6.58 Å². The molecule has 3 nitrogen and oxygen atoms in total. The normalized spacial score (nSPS) is 12.1. The smallest absolute Gasteiger partial charge is 0.217 e. The Hall–Kier alpha value is -1.35. The Bertz CT molecular complexity index is 312. The van der Waals surface area contributed by atoms with E-state index in [0.717, 1.165) is 18.5 Å². The van der Waals surface area contributed by atoms with Gasteiger partial charge in [0.05, 0.1) is 7.11 Å². The van der Waals surface area contributed by atoms with Gasteiger partial charge in [0.1, 0.15) is 0 Å². The van der Waals surface area contributed by atoms with Crippen molar-refractivity contribution in [3.63, 3.8) is 0 Å². The Labute approximate surface area is 91.2 Å². The third kappa shape index (κ3) is 3.72. The number of methoxy groups -OCH3 is 1. The van der Waals surface area contributed by atoms with Crippen LogP contribution in [-0.2, 0) is 6.54 Å². The van der Waals surface area contributed by atoms with Crippen LogP contribution in [0.2, 0.25) is 0 Å². The zero-order chi connectivity index (χ0) is 11.1. The second kappa shape index (κ2) is 6.19. The van der Waals surface area contributed by atoms with Gasteiger partial charge in [-0.3, -0.25) is 0 Å². The van der Waals surface area contributed by atoms with Crippen LogP contribution in [0.3, 0.4) is 0 Å². The number of pyridine rings is 1. The summed E-state index contributed by atoms with van der Waals surface area (Å²) in [6.45, 7) is 6.61. The highest BCUT2D eigenvalue weighted by molar-refractivity contribution is 5.25. The summed E-state index contributed by atoms with van der Waals surface area (Å²) in [6.07, 6.45) is 4.61. The van der Waals surface area contributed by atoms with E-state index in [9.17, 15) is 0 Å². The lowest BCUT2D eigenvalue weighted by atomic mass is 10.2. The van der Waals surface area contributed by atoms with Crippen molar-refractivity contribution < 1.29 is 4.74 Å². The van der Waals surface area contributed by atoms with Crippen molar-refractivity contribution in [1.82, 2.24) is 10.3 Å². The molecule has 0 spiro atoms. The first-order valence-electron chi connectivity index (χ1n) is 5.10. The minimum atomic E-state index is 0.424. The van der Waals surface area contributed by atoms with E-state index in [1.54, 1.807) is 13.3 Å². The highest BCUT2D eigenvalue weighted by Crippen LogP contribution is 2.13. The number of nitrogens with one attached hydrogen (secondary N) is 1. The molecule has 3 heteroatoms. The average molecular weight is 206 g/mol. The summed E-state index contributed by atoms with van der Waals surface area (Å²) in [4.78, 5) is 4.14. The molecule has 1 unspecified atom stereocenters. The van der Waals surface area contributed by atoms with E-state index in [-0.39, 0.29) is 0 Å². The van der Waals surface area contributed by atoms with E-state index in [0.29, 0.717) is 11.9 Å². The first kappa shape index (κ1) is 11.7. The lowest BCUT2D eigenvalue weighted by Gasteiger charge is -2.12. The van der Waals surface area contributed by atoms with Crippen LogP contribution >= 0.6 is 0 Å². The van der Waals surface area contributed by atoms with Crippen LogP contribution in [0.15, 0.2) is 31.0 Å². The Balaban J connectivity index is 2.52. The van der Waals surface area contributed by atoms with Crippen molar-refractivity contribution in [2.75, 3.05) is 7.11 Å². The highest BCUT2D eigenvalue weighted by Gasteiger charge is 2.04. The molecule has 1 heterocycles. The predicted molar refractivity (Wildman–Crippen MR) is 61.9 cm³/mol. The monoisotopic (exact) mass is 206 g/mol. The van der Waals surface area contributed by atoms with Crippen LogP contribution in [0.5, 0.6) is 5.88 Å². The molecule has 1 rings (SSSR count). The van der Waals surface area contributed by atoms with Gasteiger partial charge in [-0.25, -0.2) is 4.98 Å². The minimum absolute atomic E-state index is 0.424. The first-order chi connectivity index (χ1) is 7.27. The van der Waals surface area contributed by atoms with Crippen molar-refractivity contribution in [1.29, 1.82) is 0 Å². The fourth-order valence-electron chi connectivity index (χ4n) is 1.36. The summed E-state index contributed by atoms with van der Waals surface area (Å²) in [5, 5.41) is 3.38. The fraction of sp³-hybridized carbons (Fsp3) is 0.417. The first-order valence-corrected chi connectivity index (χ1v) is 5.10. The lowest BCUT2D eigenvalue weighted by Crippen LogP contribution is -2.25. The number of aromatic nitrogens is 1. The molecular formula is C12H18N2O. The second-order valence-corrected chi connectivity index (χ2v) is 3.48. The Morgan fingerprint density at radius 1 is 1.67 bits per heavy atom. The summed E-state index contributed by atoms with van der Waals surface area (Å²) in [6, 6.07) is 4.35. The molecular weight excluding hydrogens is 188 g/mol. The zero-order valence-electron chi connectivity index (χ0n) is 9.36. The van der Waals surface area contributed by atoms with Gasteiger partial charge >= 0.3 is 0 Å². The molecule has 0 aliphatic carbocycles. The van der Waals surface area contributed by atoms with Crippen LogP contribution < -0.4 is 10.1 Å². The van der Waals surface area contributed by atoms with Gasteiger partial charge in [0.2, 0.25) is 5.88 Å². The molecule has 0 aliphatic rings. The molecule has 1 aromatic rings. The van der Waals surface area contributed by atoms with Gasteiger partial charge in [-0.2, -0.15) is 0 Å². The molecule has 0 saturated heterocycles. The van der Waals surface area contributed by atoms with Gasteiger partial charge in [0.15, 0.2) is 0 Å². The second-order valence-electron chi connectivity index (χ2n) is 3.48. The van der Waals surface area contributed by atoms with Gasteiger partial charge in [-0.1, -0.05) is 12.1 Å². The van der Waals surface area contributed by atoms with Crippen LogP contribution in [0.25, 0.3) is 0 Å². The Kier molecular flexibility index (Phi) is 4.84. The summed E-state index contributed by atoms with van der Waals surface area (Å²) in [7, 11) is 1.64. The van der Waals surface area contributed by atoms with Crippen molar-refractivity contribution >= 4 is 0 Å². The fourth-order valence-corrected chi connectivity index (χ4v) is 1.36. The molecule has 1 atom stereocenters. The molecule has 0 radical (unpaired) electrons. The van der Waals surface area contributed by atoms with E-state index in [1.807, 2.05) is 18.2 Å². The lowest BCUT2D eigenvalue weighted by molar-refractivity contribution is 0.389. The minimum Gasteiger partial charge on any atom is -0.481 e. The molecule has 0 saturated carbocycles. The maximum Gasteiger partial charge on any atom is 0.217 e. The third-order valence-corrected chi connectivity index (χ3v) is 2.20. The number of hydrogen-bond acceptors (Lipinski definition) is 3. The van der Waals surface area contributed by atoms with Crippen molar-refractivity contribution in [2.24, 2.45) is 0 Å². The van der Waals surface area contributed by atoms with Crippen LogP contribution in [0.1, 0.15) is 18.9 Å². The highest BCUT2D eigenvalue weighted by atomic mass is 16.5. The summed E-state index contributed by atoms with van der Waals surface area (Å²) >= 11 is 0. The molecule has 0 aliphatic heterocycles. The Morgan fingerprint density at radius 2 is 2.47 bits per heavy atom. The molecule has 0 fully saturated rings. The molecule has 0 bridgehead atoms. The van der Waals surface area contributed by atoms with Gasteiger partial charge in [0.25, 0.3) is 0 Å². The zero-order valence-corrected chi connectivity index (χ0v) is 9.36. The van der Waals surface area contributed by atoms with E-state index in [1.165, 1.54) is 0 Å². The predicted octanol–water partition coefficient (Wildman–Crippen LogP) is 2.14. The van der Waals surface area contributed by atoms with E-state index in [2.05, 4.69) is 23.8 Å². The van der Waals surface area contributed by atoms with Crippen molar-refractivity contribution in [3.05, 3.63) is 36.5 Å². The molecule has 0 aromatic carbocycles. The maximum absolute atomic E-state index is 5.17. The SMILES string of the molecule is C=CCC(C)NCc1cccnc1OC. The van der Waals surface area contributed by atoms with Crippen LogP contribution in [0, 0.1) is 0 Å².